The lowest BCUT2D eigenvalue weighted by atomic mass is 10.1. The van der Waals surface area contributed by atoms with Crippen molar-refractivity contribution in [2.24, 2.45) is 0 Å². The van der Waals surface area contributed by atoms with Gasteiger partial charge in [-0.15, -0.1) is 11.8 Å². The largest absolute Gasteiger partial charge is 0.480 e. The van der Waals surface area contributed by atoms with E-state index in [2.05, 4.69) is 5.32 Å². The molecule has 0 aromatic heterocycles. The van der Waals surface area contributed by atoms with Crippen LogP contribution in [0.25, 0.3) is 10.8 Å². The van der Waals surface area contributed by atoms with Crippen molar-refractivity contribution in [3.63, 3.8) is 0 Å². The number of ether oxygens (including phenoxy) is 1. The van der Waals surface area contributed by atoms with Gasteiger partial charge in [0.25, 0.3) is 5.91 Å². The molecule has 3 aromatic rings. The highest BCUT2D eigenvalue weighted by molar-refractivity contribution is 7.99. The van der Waals surface area contributed by atoms with Crippen LogP contribution >= 0.6 is 23.4 Å². The Morgan fingerprint density at radius 2 is 1.81 bits per heavy atom. The summed E-state index contributed by atoms with van der Waals surface area (Å²) in [7, 11) is 0. The highest BCUT2D eigenvalue weighted by Crippen LogP contribution is 2.26. The Morgan fingerprint density at radius 3 is 2.62 bits per heavy atom. The van der Waals surface area contributed by atoms with E-state index in [1.807, 2.05) is 66.7 Å². The first kappa shape index (κ1) is 18.6. The lowest BCUT2D eigenvalue weighted by molar-refractivity contribution is -0.127. The molecule has 0 saturated carbocycles. The molecule has 0 spiro atoms. The molecule has 134 valence electrons. The number of amides is 1. The number of hydrogen-bond donors (Lipinski definition) is 1. The number of halogens is 1. The Labute approximate surface area is 162 Å². The fraction of sp³-hybridized carbons (Fsp3) is 0.190. The minimum absolute atomic E-state index is 0.116. The minimum Gasteiger partial charge on any atom is -0.480 e. The molecule has 0 aliphatic rings. The fourth-order valence-electron chi connectivity index (χ4n) is 2.56. The highest BCUT2D eigenvalue weighted by Gasteiger charge is 2.15. The van der Waals surface area contributed by atoms with Crippen LogP contribution in [-0.2, 0) is 4.79 Å². The molecule has 3 aromatic carbocycles. The lowest BCUT2D eigenvalue weighted by Crippen LogP contribution is -2.37. The second-order valence-electron chi connectivity index (χ2n) is 5.83. The van der Waals surface area contributed by atoms with E-state index in [1.165, 1.54) is 0 Å². The molecular formula is C21H20ClNO2S. The van der Waals surface area contributed by atoms with E-state index in [9.17, 15) is 4.79 Å². The van der Waals surface area contributed by atoms with Gasteiger partial charge in [-0.1, -0.05) is 48.0 Å². The van der Waals surface area contributed by atoms with Gasteiger partial charge in [0.2, 0.25) is 0 Å². The van der Waals surface area contributed by atoms with E-state index in [4.69, 9.17) is 16.3 Å². The average Bonchev–Trinajstić information content (AvgIpc) is 2.66. The molecule has 1 amide bonds. The summed E-state index contributed by atoms with van der Waals surface area (Å²) in [5.74, 6) is 1.39. The van der Waals surface area contributed by atoms with Gasteiger partial charge in [-0.3, -0.25) is 4.79 Å². The third-order valence-electron chi connectivity index (χ3n) is 3.91. The number of rotatable bonds is 7. The molecule has 0 fully saturated rings. The molecule has 0 aliphatic heterocycles. The van der Waals surface area contributed by atoms with Crippen LogP contribution < -0.4 is 10.1 Å². The predicted molar refractivity (Wildman–Crippen MR) is 109 cm³/mol. The fourth-order valence-corrected chi connectivity index (χ4v) is 3.45. The molecule has 1 atom stereocenters. The summed E-state index contributed by atoms with van der Waals surface area (Å²) in [6.07, 6.45) is -0.554. The number of benzene rings is 3. The van der Waals surface area contributed by atoms with Gasteiger partial charge in [0.05, 0.1) is 0 Å². The Kier molecular flexibility index (Phi) is 6.42. The van der Waals surface area contributed by atoms with E-state index < -0.39 is 6.10 Å². The van der Waals surface area contributed by atoms with Crippen molar-refractivity contribution in [3.8, 4) is 5.75 Å². The van der Waals surface area contributed by atoms with Crippen molar-refractivity contribution in [1.82, 2.24) is 5.32 Å². The van der Waals surface area contributed by atoms with Crippen molar-refractivity contribution in [3.05, 3.63) is 71.8 Å². The number of nitrogens with one attached hydrogen (secondary N) is 1. The third-order valence-corrected chi connectivity index (χ3v) is 5.17. The highest BCUT2D eigenvalue weighted by atomic mass is 35.5. The first-order valence-corrected chi connectivity index (χ1v) is 9.80. The maximum atomic E-state index is 12.3. The SMILES string of the molecule is C[C@@H](Oc1cccc2ccccc12)C(=O)NCCSc1ccc(Cl)cc1. The second kappa shape index (κ2) is 8.97. The van der Waals surface area contributed by atoms with Gasteiger partial charge >= 0.3 is 0 Å². The van der Waals surface area contributed by atoms with Crippen molar-refractivity contribution in [2.45, 2.75) is 17.9 Å². The van der Waals surface area contributed by atoms with Gasteiger partial charge in [0, 0.05) is 27.6 Å². The molecule has 0 bridgehead atoms. The van der Waals surface area contributed by atoms with Crippen LogP contribution in [-0.4, -0.2) is 24.3 Å². The Balaban J connectivity index is 1.49. The molecule has 3 nitrogen and oxygen atoms in total. The molecule has 0 saturated heterocycles. The van der Waals surface area contributed by atoms with Gasteiger partial charge < -0.3 is 10.1 Å². The van der Waals surface area contributed by atoms with Crippen LogP contribution in [0.15, 0.2) is 71.6 Å². The van der Waals surface area contributed by atoms with E-state index in [-0.39, 0.29) is 5.91 Å². The van der Waals surface area contributed by atoms with E-state index >= 15 is 0 Å². The first-order valence-electron chi connectivity index (χ1n) is 8.44. The van der Waals surface area contributed by atoms with Gasteiger partial charge in [0.15, 0.2) is 6.10 Å². The zero-order valence-electron chi connectivity index (χ0n) is 14.4. The molecule has 0 heterocycles. The first-order chi connectivity index (χ1) is 12.6. The molecule has 26 heavy (non-hydrogen) atoms. The van der Waals surface area contributed by atoms with E-state index in [1.54, 1.807) is 18.7 Å². The summed E-state index contributed by atoms with van der Waals surface area (Å²) in [5.41, 5.74) is 0. The number of thioether (sulfide) groups is 1. The van der Waals surface area contributed by atoms with Crippen LogP contribution in [0.2, 0.25) is 5.02 Å². The predicted octanol–water partition coefficient (Wildman–Crippen LogP) is 5.17. The van der Waals surface area contributed by atoms with Crippen LogP contribution in [0.4, 0.5) is 0 Å². The van der Waals surface area contributed by atoms with Crippen LogP contribution in [0.3, 0.4) is 0 Å². The van der Waals surface area contributed by atoms with Crippen LogP contribution in [0, 0.1) is 0 Å². The average molecular weight is 386 g/mol. The lowest BCUT2D eigenvalue weighted by Gasteiger charge is -2.16. The molecular weight excluding hydrogens is 366 g/mol. The molecule has 1 N–H and O–H groups in total. The minimum atomic E-state index is -0.554. The van der Waals surface area contributed by atoms with Crippen molar-refractivity contribution < 1.29 is 9.53 Å². The molecule has 5 heteroatoms. The zero-order chi connectivity index (χ0) is 18.4. The maximum absolute atomic E-state index is 12.3. The number of fused-ring (bicyclic) bond motifs is 1. The Hall–Kier alpha value is -2.17. The molecule has 0 unspecified atom stereocenters. The summed E-state index contributed by atoms with van der Waals surface area (Å²) in [6, 6.07) is 21.5. The molecule has 0 radical (unpaired) electrons. The zero-order valence-corrected chi connectivity index (χ0v) is 16.0. The number of hydrogen-bond acceptors (Lipinski definition) is 3. The van der Waals surface area contributed by atoms with Crippen molar-refractivity contribution in [1.29, 1.82) is 0 Å². The van der Waals surface area contributed by atoms with Gasteiger partial charge in [-0.2, -0.15) is 0 Å². The summed E-state index contributed by atoms with van der Waals surface area (Å²) in [4.78, 5) is 13.4. The van der Waals surface area contributed by atoms with Crippen LogP contribution in [0.1, 0.15) is 6.92 Å². The van der Waals surface area contributed by atoms with Gasteiger partial charge in [-0.25, -0.2) is 0 Å². The Morgan fingerprint density at radius 1 is 1.08 bits per heavy atom. The number of carbonyl (C=O) groups excluding carboxylic acids is 1. The standard InChI is InChI=1S/C21H20ClNO2S/c1-15(25-20-8-4-6-16-5-2-3-7-19(16)20)21(24)23-13-14-26-18-11-9-17(22)10-12-18/h2-12,15H,13-14H2,1H3,(H,23,24)/t15-/m1/s1. The monoisotopic (exact) mass is 385 g/mol. The quantitative estimate of drug-likeness (QED) is 0.450. The summed E-state index contributed by atoms with van der Waals surface area (Å²) in [6.45, 7) is 2.35. The summed E-state index contributed by atoms with van der Waals surface area (Å²) in [5, 5.41) is 5.75. The molecule has 3 rings (SSSR count). The number of carbonyl (C=O) groups is 1. The summed E-state index contributed by atoms with van der Waals surface area (Å²) >= 11 is 7.55. The van der Waals surface area contributed by atoms with Crippen LogP contribution in [0.5, 0.6) is 5.75 Å². The maximum Gasteiger partial charge on any atom is 0.260 e. The van der Waals surface area contributed by atoms with Crippen molar-refractivity contribution in [2.75, 3.05) is 12.3 Å². The third kappa shape index (κ3) is 4.93. The second-order valence-corrected chi connectivity index (χ2v) is 7.44. The topological polar surface area (TPSA) is 38.3 Å². The summed E-state index contributed by atoms with van der Waals surface area (Å²) < 4.78 is 5.88. The van der Waals surface area contributed by atoms with Crippen molar-refractivity contribution >= 4 is 40.0 Å². The van der Waals surface area contributed by atoms with Gasteiger partial charge in [0.1, 0.15) is 5.75 Å². The van der Waals surface area contributed by atoms with E-state index in [0.29, 0.717) is 6.54 Å². The van der Waals surface area contributed by atoms with Gasteiger partial charge in [-0.05, 0) is 42.6 Å². The normalized spacial score (nSPS) is 11.9. The molecule has 0 aliphatic carbocycles. The Bertz CT molecular complexity index is 877. The van der Waals surface area contributed by atoms with E-state index in [0.717, 1.165) is 32.2 Å². The smallest absolute Gasteiger partial charge is 0.260 e.